The summed E-state index contributed by atoms with van der Waals surface area (Å²) in [5.74, 6) is 0.388. The number of methoxy groups -OCH3 is 4. The van der Waals surface area contributed by atoms with Crippen LogP contribution in [-0.2, 0) is 26.1 Å². The van der Waals surface area contributed by atoms with Gasteiger partial charge in [0, 0.05) is 11.3 Å². The van der Waals surface area contributed by atoms with Gasteiger partial charge in [0.1, 0.15) is 34.0 Å². The van der Waals surface area contributed by atoms with Crippen LogP contribution >= 0.6 is 11.3 Å². The number of carbonyl (C=O) groups excluding carboxylic acids is 2. The Labute approximate surface area is 228 Å². The van der Waals surface area contributed by atoms with Crippen LogP contribution in [0.15, 0.2) is 70.6 Å². The molecule has 0 unspecified atom stereocenters. The summed E-state index contributed by atoms with van der Waals surface area (Å²) in [7, 11) is 1.91. The smallest absolute Gasteiger partial charge is 0.325 e. The van der Waals surface area contributed by atoms with Gasteiger partial charge in [-0.1, -0.05) is 11.3 Å². The number of hydrogen-bond acceptors (Lipinski definition) is 9. The third-order valence-electron chi connectivity index (χ3n) is 5.66. The van der Waals surface area contributed by atoms with Crippen LogP contribution in [0.2, 0.25) is 0 Å². The summed E-state index contributed by atoms with van der Waals surface area (Å²) in [6.07, 6.45) is 0. The van der Waals surface area contributed by atoms with Crippen LogP contribution in [0.4, 0.5) is 5.69 Å². The minimum absolute atomic E-state index is 0.0595. The van der Waals surface area contributed by atoms with Gasteiger partial charge in [-0.15, -0.1) is 0 Å². The highest BCUT2D eigenvalue weighted by atomic mass is 32.2. The molecular formula is C26H25N3O8S2. The number of nitrogens with zero attached hydrogens (tertiary/aromatic N) is 2. The monoisotopic (exact) mass is 571 g/mol. The maximum absolute atomic E-state index is 13.1. The first-order chi connectivity index (χ1) is 18.7. The van der Waals surface area contributed by atoms with E-state index in [0.29, 0.717) is 27.5 Å². The SMILES string of the molecule is COC(=O)Cn1c(=NC(=O)c2ccc(NS(=O)(=O)c3ccc(OC)cc3)cc2)sc2c(OC)ccc(OC)c21. The third kappa shape index (κ3) is 5.89. The molecule has 4 rings (SSSR count). The van der Waals surface area contributed by atoms with Crippen molar-refractivity contribution in [3.8, 4) is 17.2 Å². The van der Waals surface area contributed by atoms with Gasteiger partial charge in [-0.3, -0.25) is 14.3 Å². The standard InChI is InChI=1S/C26H25N3O8S2/c1-34-18-9-11-19(12-10-18)39(32,33)28-17-7-5-16(6-8-17)25(31)27-26-29(15-22(30)37-4)23-20(35-2)13-14-21(36-3)24(23)38-26/h5-14,28H,15H2,1-4H3. The summed E-state index contributed by atoms with van der Waals surface area (Å²) in [4.78, 5) is 29.8. The molecule has 4 aromatic rings. The normalized spacial score (nSPS) is 11.7. The summed E-state index contributed by atoms with van der Waals surface area (Å²) in [6.45, 7) is -0.210. The lowest BCUT2D eigenvalue weighted by Crippen LogP contribution is -2.22. The molecule has 0 saturated carbocycles. The zero-order chi connectivity index (χ0) is 28.2. The van der Waals surface area contributed by atoms with Gasteiger partial charge >= 0.3 is 5.97 Å². The molecule has 39 heavy (non-hydrogen) atoms. The zero-order valence-corrected chi connectivity index (χ0v) is 23.1. The van der Waals surface area contributed by atoms with Crippen LogP contribution < -0.4 is 23.7 Å². The summed E-state index contributed by atoms with van der Waals surface area (Å²) < 4.78 is 50.9. The molecule has 0 aliphatic heterocycles. The van der Waals surface area contributed by atoms with Gasteiger partial charge in [0.15, 0.2) is 4.80 Å². The molecule has 0 radical (unpaired) electrons. The van der Waals surface area contributed by atoms with Crippen molar-refractivity contribution >= 4 is 49.1 Å². The predicted molar refractivity (Wildman–Crippen MR) is 145 cm³/mol. The molecule has 0 aliphatic rings. The van der Waals surface area contributed by atoms with E-state index in [2.05, 4.69) is 9.71 Å². The Morgan fingerprint density at radius 2 is 1.51 bits per heavy atom. The van der Waals surface area contributed by atoms with Crippen molar-refractivity contribution in [1.82, 2.24) is 4.57 Å². The number of amides is 1. The first kappa shape index (κ1) is 27.7. The van der Waals surface area contributed by atoms with Crippen LogP contribution in [0.1, 0.15) is 10.4 Å². The summed E-state index contributed by atoms with van der Waals surface area (Å²) in [5.41, 5.74) is 1.00. The maximum Gasteiger partial charge on any atom is 0.325 e. The number of rotatable bonds is 9. The number of nitrogens with one attached hydrogen (secondary N) is 1. The van der Waals surface area contributed by atoms with E-state index < -0.39 is 21.9 Å². The van der Waals surface area contributed by atoms with Crippen LogP contribution in [-0.4, -0.2) is 53.3 Å². The molecular weight excluding hydrogens is 546 g/mol. The summed E-state index contributed by atoms with van der Waals surface area (Å²) in [5, 5.41) is 0. The first-order valence-corrected chi connectivity index (χ1v) is 13.7. The Morgan fingerprint density at radius 1 is 0.872 bits per heavy atom. The van der Waals surface area contributed by atoms with Gasteiger partial charge in [-0.05, 0) is 60.7 Å². The molecule has 13 heteroatoms. The van der Waals surface area contributed by atoms with Crippen LogP contribution in [0, 0.1) is 0 Å². The Bertz CT molecular complexity index is 1690. The number of carbonyl (C=O) groups is 2. The van der Waals surface area contributed by atoms with E-state index in [1.54, 1.807) is 24.3 Å². The van der Waals surface area contributed by atoms with Crippen molar-refractivity contribution in [3.63, 3.8) is 0 Å². The Hall–Kier alpha value is -4.36. The highest BCUT2D eigenvalue weighted by Gasteiger charge is 2.19. The summed E-state index contributed by atoms with van der Waals surface area (Å²) in [6, 6.07) is 15.2. The molecule has 1 heterocycles. The van der Waals surface area contributed by atoms with Crippen molar-refractivity contribution in [2.24, 2.45) is 4.99 Å². The van der Waals surface area contributed by atoms with Crippen molar-refractivity contribution in [2.75, 3.05) is 33.2 Å². The first-order valence-electron chi connectivity index (χ1n) is 11.4. The molecule has 1 N–H and O–H groups in total. The number of fused-ring (bicyclic) bond motifs is 1. The fourth-order valence-electron chi connectivity index (χ4n) is 3.68. The molecule has 0 bridgehead atoms. The van der Waals surface area contributed by atoms with Gasteiger partial charge in [-0.2, -0.15) is 4.99 Å². The van der Waals surface area contributed by atoms with E-state index in [0.717, 1.165) is 11.3 Å². The number of aromatic nitrogens is 1. The lowest BCUT2D eigenvalue weighted by atomic mass is 10.2. The average molecular weight is 572 g/mol. The highest BCUT2D eigenvalue weighted by molar-refractivity contribution is 7.92. The number of benzene rings is 3. The van der Waals surface area contributed by atoms with Crippen LogP contribution in [0.5, 0.6) is 17.2 Å². The van der Waals surface area contributed by atoms with Gasteiger partial charge in [0.2, 0.25) is 0 Å². The van der Waals surface area contributed by atoms with Gasteiger partial charge in [-0.25, -0.2) is 8.42 Å². The second-order valence-corrected chi connectivity index (χ2v) is 10.6. The van der Waals surface area contributed by atoms with Crippen molar-refractivity contribution in [3.05, 3.63) is 71.0 Å². The van der Waals surface area contributed by atoms with E-state index >= 15 is 0 Å². The van der Waals surface area contributed by atoms with Crippen molar-refractivity contribution < 1.29 is 37.0 Å². The lowest BCUT2D eigenvalue weighted by Gasteiger charge is -2.09. The Kier molecular flexibility index (Phi) is 8.21. The highest BCUT2D eigenvalue weighted by Crippen LogP contribution is 2.35. The fraction of sp³-hybridized carbons (Fsp3) is 0.192. The van der Waals surface area contributed by atoms with E-state index in [9.17, 15) is 18.0 Å². The average Bonchev–Trinajstić information content (AvgIpc) is 3.30. The molecule has 11 nitrogen and oxygen atoms in total. The van der Waals surface area contributed by atoms with Gasteiger partial charge in [0.05, 0.1) is 33.3 Å². The molecule has 0 atom stereocenters. The van der Waals surface area contributed by atoms with Crippen molar-refractivity contribution in [1.29, 1.82) is 0 Å². The number of sulfonamides is 1. The van der Waals surface area contributed by atoms with Gasteiger partial charge < -0.3 is 23.5 Å². The van der Waals surface area contributed by atoms with E-state index in [1.165, 1.54) is 69.4 Å². The Balaban J connectivity index is 1.67. The molecule has 204 valence electrons. The summed E-state index contributed by atoms with van der Waals surface area (Å²) >= 11 is 1.15. The quantitative estimate of drug-likeness (QED) is 0.302. The van der Waals surface area contributed by atoms with E-state index in [4.69, 9.17) is 18.9 Å². The molecule has 0 fully saturated rings. The third-order valence-corrected chi connectivity index (χ3v) is 8.15. The zero-order valence-electron chi connectivity index (χ0n) is 21.5. The predicted octanol–water partition coefficient (Wildman–Crippen LogP) is 3.44. The minimum Gasteiger partial charge on any atom is -0.497 e. The number of hydrogen-bond donors (Lipinski definition) is 1. The number of esters is 1. The Morgan fingerprint density at radius 3 is 2.10 bits per heavy atom. The van der Waals surface area contributed by atoms with Crippen LogP contribution in [0.3, 0.4) is 0 Å². The molecule has 1 amide bonds. The fourth-order valence-corrected chi connectivity index (χ4v) is 5.88. The molecule has 3 aromatic carbocycles. The topological polar surface area (TPSA) is 135 Å². The van der Waals surface area contributed by atoms with Gasteiger partial charge in [0.25, 0.3) is 15.9 Å². The minimum atomic E-state index is -3.85. The van der Waals surface area contributed by atoms with Crippen LogP contribution in [0.25, 0.3) is 10.2 Å². The van der Waals surface area contributed by atoms with E-state index in [-0.39, 0.29) is 27.5 Å². The molecule has 0 aliphatic carbocycles. The van der Waals surface area contributed by atoms with Crippen molar-refractivity contribution in [2.45, 2.75) is 11.4 Å². The molecule has 1 aromatic heterocycles. The van der Waals surface area contributed by atoms with E-state index in [1.807, 2.05) is 0 Å². The second-order valence-electron chi connectivity index (χ2n) is 7.97. The second kappa shape index (κ2) is 11.6. The maximum atomic E-state index is 13.1. The number of anilines is 1. The largest absolute Gasteiger partial charge is 0.497 e. The number of thiazole rings is 1. The molecule has 0 saturated heterocycles. The lowest BCUT2D eigenvalue weighted by molar-refractivity contribution is -0.141. The molecule has 0 spiro atoms. The number of ether oxygens (including phenoxy) is 4.